The molecular weight excluding hydrogens is 214 g/mol. The van der Waals surface area contributed by atoms with E-state index in [1.807, 2.05) is 6.07 Å². The molecule has 1 aromatic rings. The molecule has 1 aromatic carbocycles. The number of benzene rings is 1. The summed E-state index contributed by atoms with van der Waals surface area (Å²) in [5.41, 5.74) is -0.256. The molecule has 4 nitrogen and oxygen atoms in total. The predicted molar refractivity (Wildman–Crippen MR) is 52.7 cm³/mol. The maximum atomic E-state index is 11.8. The first-order valence-corrected chi connectivity index (χ1v) is 6.05. The van der Waals surface area contributed by atoms with Crippen LogP contribution in [0.5, 0.6) is 0 Å². The van der Waals surface area contributed by atoms with Crippen LogP contribution in [0.15, 0.2) is 29.2 Å². The average molecular weight is 223 g/mol. The molecule has 78 valence electrons. The summed E-state index contributed by atoms with van der Waals surface area (Å²) in [6, 6.07) is 7.80. The number of nitrogens with zero attached hydrogens (tertiary/aromatic N) is 1. The fraction of sp³-hybridized carbons (Fsp3) is 0.300. The molecule has 0 radical (unpaired) electrons. The third-order valence-electron chi connectivity index (χ3n) is 2.32. The van der Waals surface area contributed by atoms with Gasteiger partial charge in [0.05, 0.1) is 23.1 Å². The first-order chi connectivity index (χ1) is 7.14. The minimum absolute atomic E-state index is 0.214. The number of sulfone groups is 1. The number of hydrogen-bond donors (Lipinski definition) is 0. The topological polar surface area (TPSA) is 67.2 Å². The summed E-state index contributed by atoms with van der Waals surface area (Å²) >= 11 is 0. The van der Waals surface area contributed by atoms with Crippen LogP contribution >= 0.6 is 0 Å². The zero-order chi connectivity index (χ0) is 10.9. The van der Waals surface area contributed by atoms with Gasteiger partial charge < -0.3 is 4.74 Å². The highest BCUT2D eigenvalue weighted by atomic mass is 32.2. The summed E-state index contributed by atoms with van der Waals surface area (Å²) in [7, 11) is -3.36. The molecule has 1 atom stereocenters. The predicted octanol–water partition coefficient (Wildman–Crippen LogP) is 1.08. The maximum Gasteiger partial charge on any atom is 0.205 e. The molecule has 0 aliphatic carbocycles. The van der Waals surface area contributed by atoms with Crippen LogP contribution < -0.4 is 0 Å². The standard InChI is InChI=1S/C10H9NO3S/c11-7-8-1-3-9(4-2-8)15(12,13)10-5-6-14-10/h1-4,10H,5-6H2. The van der Waals surface area contributed by atoms with Crippen LogP contribution in [0.2, 0.25) is 0 Å². The lowest BCUT2D eigenvalue weighted by molar-refractivity contribution is 0.00316. The second kappa shape index (κ2) is 3.65. The Bertz CT molecular complexity index is 494. The summed E-state index contributed by atoms with van der Waals surface area (Å²) in [5, 5.41) is 8.57. The zero-order valence-electron chi connectivity index (χ0n) is 7.88. The quantitative estimate of drug-likeness (QED) is 0.752. The Balaban J connectivity index is 2.33. The van der Waals surface area contributed by atoms with Crippen molar-refractivity contribution in [2.45, 2.75) is 16.8 Å². The smallest absolute Gasteiger partial charge is 0.205 e. The lowest BCUT2D eigenvalue weighted by atomic mass is 10.2. The molecule has 1 heterocycles. The van der Waals surface area contributed by atoms with Crippen LogP contribution in [0.1, 0.15) is 12.0 Å². The van der Waals surface area contributed by atoms with Crippen LogP contribution in [-0.2, 0) is 14.6 Å². The van der Waals surface area contributed by atoms with Crippen molar-refractivity contribution in [2.24, 2.45) is 0 Å². The molecule has 0 aromatic heterocycles. The van der Waals surface area contributed by atoms with E-state index in [1.54, 1.807) is 0 Å². The lowest BCUT2D eigenvalue weighted by Gasteiger charge is -2.25. The second-order valence-corrected chi connectivity index (χ2v) is 5.36. The van der Waals surface area contributed by atoms with Crippen molar-refractivity contribution in [3.8, 4) is 6.07 Å². The molecule has 0 spiro atoms. The van der Waals surface area contributed by atoms with E-state index in [2.05, 4.69) is 0 Å². The second-order valence-electron chi connectivity index (χ2n) is 3.27. The Labute approximate surface area is 88.0 Å². The summed E-state index contributed by atoms with van der Waals surface area (Å²) in [6.45, 7) is 0.500. The molecule has 1 aliphatic heterocycles. The highest BCUT2D eigenvalue weighted by molar-refractivity contribution is 7.92. The van der Waals surface area contributed by atoms with E-state index >= 15 is 0 Å². The Morgan fingerprint density at radius 3 is 2.33 bits per heavy atom. The van der Waals surface area contributed by atoms with Crippen LogP contribution in [0.25, 0.3) is 0 Å². The number of rotatable bonds is 2. The Morgan fingerprint density at radius 2 is 1.93 bits per heavy atom. The van der Waals surface area contributed by atoms with Gasteiger partial charge in [0.15, 0.2) is 5.44 Å². The van der Waals surface area contributed by atoms with Crippen LogP contribution in [0.3, 0.4) is 0 Å². The summed E-state index contributed by atoms with van der Waals surface area (Å²) in [6.07, 6.45) is 0.544. The molecule has 15 heavy (non-hydrogen) atoms. The van der Waals surface area contributed by atoms with Crippen molar-refractivity contribution >= 4 is 9.84 Å². The number of hydrogen-bond acceptors (Lipinski definition) is 4. The van der Waals surface area contributed by atoms with Gasteiger partial charge in [0.25, 0.3) is 0 Å². The third kappa shape index (κ3) is 1.74. The monoisotopic (exact) mass is 223 g/mol. The van der Waals surface area contributed by atoms with E-state index < -0.39 is 15.3 Å². The van der Waals surface area contributed by atoms with Crippen LogP contribution in [0.4, 0.5) is 0 Å². The van der Waals surface area contributed by atoms with Gasteiger partial charge in [0.2, 0.25) is 9.84 Å². The zero-order valence-corrected chi connectivity index (χ0v) is 8.70. The average Bonchev–Trinajstić information content (AvgIpc) is 2.14. The molecule has 5 heteroatoms. The van der Waals surface area contributed by atoms with E-state index in [0.29, 0.717) is 18.6 Å². The molecular formula is C10H9NO3S. The minimum atomic E-state index is -3.36. The molecule has 0 amide bonds. The molecule has 1 saturated heterocycles. The molecule has 0 saturated carbocycles. The van der Waals surface area contributed by atoms with Gasteiger partial charge in [-0.1, -0.05) is 0 Å². The fourth-order valence-corrected chi connectivity index (χ4v) is 2.83. The SMILES string of the molecule is N#Cc1ccc(S(=O)(=O)C2CCO2)cc1. The van der Waals surface area contributed by atoms with Gasteiger partial charge in [-0.15, -0.1) is 0 Å². The first-order valence-electron chi connectivity index (χ1n) is 4.50. The lowest BCUT2D eigenvalue weighted by Crippen LogP contribution is -2.34. The van der Waals surface area contributed by atoms with Crippen molar-refractivity contribution in [3.63, 3.8) is 0 Å². The highest BCUT2D eigenvalue weighted by Crippen LogP contribution is 2.25. The van der Waals surface area contributed by atoms with Gasteiger partial charge in [-0.2, -0.15) is 5.26 Å². The van der Waals surface area contributed by atoms with Gasteiger partial charge in [0, 0.05) is 6.42 Å². The summed E-state index contributed by atoms with van der Waals surface area (Å²) in [5.74, 6) is 0. The molecule has 2 rings (SSSR count). The summed E-state index contributed by atoms with van der Waals surface area (Å²) in [4.78, 5) is 0.214. The van der Waals surface area contributed by atoms with Crippen molar-refractivity contribution in [1.29, 1.82) is 5.26 Å². The van der Waals surface area contributed by atoms with E-state index in [1.165, 1.54) is 24.3 Å². The van der Waals surface area contributed by atoms with Gasteiger partial charge >= 0.3 is 0 Å². The number of ether oxygens (including phenoxy) is 1. The van der Waals surface area contributed by atoms with E-state index in [9.17, 15) is 8.42 Å². The molecule has 0 bridgehead atoms. The van der Waals surface area contributed by atoms with E-state index in [0.717, 1.165) is 0 Å². The molecule has 1 unspecified atom stereocenters. The van der Waals surface area contributed by atoms with Gasteiger partial charge in [-0.05, 0) is 24.3 Å². The van der Waals surface area contributed by atoms with Crippen molar-refractivity contribution in [2.75, 3.05) is 6.61 Å². The van der Waals surface area contributed by atoms with Crippen LogP contribution in [-0.4, -0.2) is 20.5 Å². The Hall–Kier alpha value is -1.38. The van der Waals surface area contributed by atoms with Crippen molar-refractivity contribution in [1.82, 2.24) is 0 Å². The third-order valence-corrected chi connectivity index (χ3v) is 4.31. The fourth-order valence-electron chi connectivity index (χ4n) is 1.33. The van der Waals surface area contributed by atoms with Crippen LogP contribution in [0, 0.1) is 11.3 Å². The normalized spacial score (nSPS) is 20.3. The van der Waals surface area contributed by atoms with Crippen molar-refractivity contribution < 1.29 is 13.2 Å². The molecule has 1 aliphatic rings. The molecule has 0 N–H and O–H groups in total. The minimum Gasteiger partial charge on any atom is -0.362 e. The van der Waals surface area contributed by atoms with Gasteiger partial charge in [-0.25, -0.2) is 8.42 Å². The first kappa shape index (κ1) is 10.1. The van der Waals surface area contributed by atoms with Gasteiger partial charge in [0.1, 0.15) is 0 Å². The highest BCUT2D eigenvalue weighted by Gasteiger charge is 2.33. The number of nitriles is 1. The summed E-state index contributed by atoms with van der Waals surface area (Å²) < 4.78 is 28.6. The van der Waals surface area contributed by atoms with E-state index in [4.69, 9.17) is 10.00 Å². The van der Waals surface area contributed by atoms with Crippen molar-refractivity contribution in [3.05, 3.63) is 29.8 Å². The maximum absolute atomic E-state index is 11.8. The van der Waals surface area contributed by atoms with E-state index in [-0.39, 0.29) is 4.90 Å². The Morgan fingerprint density at radius 1 is 1.33 bits per heavy atom. The molecule has 1 fully saturated rings. The van der Waals surface area contributed by atoms with Gasteiger partial charge in [-0.3, -0.25) is 0 Å². The largest absolute Gasteiger partial charge is 0.362 e. The Kier molecular flexibility index (Phi) is 2.47.